The van der Waals surface area contributed by atoms with Gasteiger partial charge in [0.05, 0.1) is 12.8 Å². The standard InChI is InChI=1S/C15H22N4O2/c1-2-19(10-12-6-3-4-8-16-12)11-14-17-15(21-18-14)13-7-5-9-20-13/h5,7,9,12,16H,2-4,6,8,10-11H2,1H3. The van der Waals surface area contributed by atoms with Gasteiger partial charge in [0.1, 0.15) is 0 Å². The van der Waals surface area contributed by atoms with E-state index in [0.29, 0.717) is 30.1 Å². The Kier molecular flexibility index (Phi) is 4.67. The zero-order chi connectivity index (χ0) is 14.5. The average Bonchev–Trinajstić information content (AvgIpc) is 3.18. The third-order valence-corrected chi connectivity index (χ3v) is 3.90. The lowest BCUT2D eigenvalue weighted by Crippen LogP contribution is -2.43. The van der Waals surface area contributed by atoms with Crippen LogP contribution in [0.25, 0.3) is 11.7 Å². The molecule has 1 atom stereocenters. The number of nitrogens with one attached hydrogen (secondary N) is 1. The van der Waals surface area contributed by atoms with Crippen LogP contribution in [0, 0.1) is 0 Å². The van der Waals surface area contributed by atoms with Crippen molar-refractivity contribution in [2.24, 2.45) is 0 Å². The van der Waals surface area contributed by atoms with Crippen LogP contribution in [0.5, 0.6) is 0 Å². The minimum absolute atomic E-state index is 0.446. The Bertz CT molecular complexity index is 532. The molecule has 1 aliphatic rings. The topological polar surface area (TPSA) is 67.3 Å². The van der Waals surface area contributed by atoms with Gasteiger partial charge in [-0.05, 0) is 38.1 Å². The monoisotopic (exact) mass is 290 g/mol. The van der Waals surface area contributed by atoms with E-state index >= 15 is 0 Å². The van der Waals surface area contributed by atoms with E-state index in [9.17, 15) is 0 Å². The van der Waals surface area contributed by atoms with Gasteiger partial charge >= 0.3 is 0 Å². The number of hydrogen-bond acceptors (Lipinski definition) is 6. The molecule has 2 aromatic heterocycles. The summed E-state index contributed by atoms with van der Waals surface area (Å²) in [7, 11) is 0. The first-order valence-electron chi connectivity index (χ1n) is 7.67. The van der Waals surface area contributed by atoms with Crippen LogP contribution in [0.2, 0.25) is 0 Å². The summed E-state index contributed by atoms with van der Waals surface area (Å²) >= 11 is 0. The van der Waals surface area contributed by atoms with Crippen LogP contribution < -0.4 is 5.32 Å². The minimum atomic E-state index is 0.446. The number of rotatable bonds is 6. The van der Waals surface area contributed by atoms with E-state index in [1.54, 1.807) is 6.26 Å². The maximum atomic E-state index is 5.27. The molecule has 114 valence electrons. The van der Waals surface area contributed by atoms with Crippen molar-refractivity contribution in [2.75, 3.05) is 19.6 Å². The van der Waals surface area contributed by atoms with Crippen molar-refractivity contribution in [3.8, 4) is 11.7 Å². The Labute approximate surface area is 124 Å². The number of furan rings is 1. The van der Waals surface area contributed by atoms with Crippen molar-refractivity contribution in [3.05, 3.63) is 24.2 Å². The fourth-order valence-corrected chi connectivity index (χ4v) is 2.72. The number of piperidine rings is 1. The smallest absolute Gasteiger partial charge is 0.293 e. The van der Waals surface area contributed by atoms with E-state index in [1.807, 2.05) is 12.1 Å². The molecule has 21 heavy (non-hydrogen) atoms. The van der Waals surface area contributed by atoms with Crippen LogP contribution in [0.15, 0.2) is 27.3 Å². The summed E-state index contributed by atoms with van der Waals surface area (Å²) in [5.41, 5.74) is 0. The highest BCUT2D eigenvalue weighted by molar-refractivity contribution is 5.42. The van der Waals surface area contributed by atoms with Gasteiger partial charge in [0, 0.05) is 12.6 Å². The summed E-state index contributed by atoms with van der Waals surface area (Å²) < 4.78 is 10.5. The summed E-state index contributed by atoms with van der Waals surface area (Å²) in [5.74, 6) is 1.77. The molecule has 0 amide bonds. The summed E-state index contributed by atoms with van der Waals surface area (Å²) in [4.78, 5) is 6.75. The molecular formula is C15H22N4O2. The van der Waals surface area contributed by atoms with Gasteiger partial charge in [0.15, 0.2) is 11.6 Å². The normalized spacial score (nSPS) is 19.2. The summed E-state index contributed by atoms with van der Waals surface area (Å²) in [5, 5.41) is 7.62. The van der Waals surface area contributed by atoms with Gasteiger partial charge in [-0.2, -0.15) is 4.98 Å². The van der Waals surface area contributed by atoms with E-state index in [2.05, 4.69) is 27.3 Å². The minimum Gasteiger partial charge on any atom is -0.459 e. The summed E-state index contributed by atoms with van der Waals surface area (Å²) in [6, 6.07) is 4.21. The molecule has 1 saturated heterocycles. The van der Waals surface area contributed by atoms with E-state index in [-0.39, 0.29) is 0 Å². The van der Waals surface area contributed by atoms with Gasteiger partial charge < -0.3 is 14.3 Å². The van der Waals surface area contributed by atoms with Crippen LogP contribution in [0.4, 0.5) is 0 Å². The van der Waals surface area contributed by atoms with Crippen molar-refractivity contribution < 1.29 is 8.94 Å². The second-order valence-corrected chi connectivity index (χ2v) is 5.47. The highest BCUT2D eigenvalue weighted by Gasteiger charge is 2.18. The molecule has 0 spiro atoms. The lowest BCUT2D eigenvalue weighted by atomic mass is 10.0. The predicted molar refractivity (Wildman–Crippen MR) is 78.6 cm³/mol. The Balaban J connectivity index is 1.58. The Morgan fingerprint density at radius 2 is 2.38 bits per heavy atom. The largest absolute Gasteiger partial charge is 0.459 e. The van der Waals surface area contributed by atoms with E-state index in [0.717, 1.165) is 19.6 Å². The first-order chi connectivity index (χ1) is 10.3. The number of nitrogens with zero attached hydrogens (tertiary/aromatic N) is 3. The molecule has 0 bridgehead atoms. The first-order valence-corrected chi connectivity index (χ1v) is 7.67. The van der Waals surface area contributed by atoms with Crippen molar-refractivity contribution in [2.45, 2.75) is 38.8 Å². The quantitative estimate of drug-likeness (QED) is 0.880. The predicted octanol–water partition coefficient (Wildman–Crippen LogP) is 2.29. The molecule has 1 fully saturated rings. The van der Waals surface area contributed by atoms with E-state index in [4.69, 9.17) is 8.94 Å². The fourth-order valence-electron chi connectivity index (χ4n) is 2.72. The number of likely N-dealkylation sites (N-methyl/N-ethyl adjacent to an activating group) is 1. The molecule has 0 aromatic carbocycles. The van der Waals surface area contributed by atoms with Crippen molar-refractivity contribution >= 4 is 0 Å². The van der Waals surface area contributed by atoms with Crippen LogP contribution in [-0.4, -0.2) is 40.7 Å². The van der Waals surface area contributed by atoms with Gasteiger partial charge in [0.25, 0.3) is 5.89 Å². The van der Waals surface area contributed by atoms with Crippen molar-refractivity contribution in [3.63, 3.8) is 0 Å². The molecule has 1 N–H and O–H groups in total. The van der Waals surface area contributed by atoms with Crippen LogP contribution in [0.1, 0.15) is 32.0 Å². The Morgan fingerprint density at radius 3 is 3.10 bits per heavy atom. The van der Waals surface area contributed by atoms with Crippen LogP contribution in [-0.2, 0) is 6.54 Å². The number of aromatic nitrogens is 2. The zero-order valence-corrected chi connectivity index (χ0v) is 12.4. The summed E-state index contributed by atoms with van der Waals surface area (Å²) in [6.07, 6.45) is 5.47. The molecule has 6 nitrogen and oxygen atoms in total. The second-order valence-electron chi connectivity index (χ2n) is 5.47. The maximum Gasteiger partial charge on any atom is 0.293 e. The first kappa shape index (κ1) is 14.3. The van der Waals surface area contributed by atoms with Crippen molar-refractivity contribution in [1.82, 2.24) is 20.4 Å². The van der Waals surface area contributed by atoms with Crippen LogP contribution >= 0.6 is 0 Å². The van der Waals surface area contributed by atoms with E-state index in [1.165, 1.54) is 19.3 Å². The number of hydrogen-bond donors (Lipinski definition) is 1. The molecule has 0 saturated carbocycles. The fraction of sp³-hybridized carbons (Fsp3) is 0.600. The zero-order valence-electron chi connectivity index (χ0n) is 12.4. The van der Waals surface area contributed by atoms with Crippen molar-refractivity contribution in [1.29, 1.82) is 0 Å². The van der Waals surface area contributed by atoms with Gasteiger partial charge in [-0.25, -0.2) is 0 Å². The highest BCUT2D eigenvalue weighted by Crippen LogP contribution is 2.18. The average molecular weight is 290 g/mol. The maximum absolute atomic E-state index is 5.27. The van der Waals surface area contributed by atoms with E-state index < -0.39 is 0 Å². The molecule has 2 aromatic rings. The molecule has 0 radical (unpaired) electrons. The van der Waals surface area contributed by atoms with Gasteiger partial charge in [-0.15, -0.1) is 0 Å². The molecule has 1 unspecified atom stereocenters. The Hall–Kier alpha value is -1.66. The van der Waals surface area contributed by atoms with Crippen LogP contribution in [0.3, 0.4) is 0 Å². The SMILES string of the molecule is CCN(Cc1noc(-c2ccco2)n1)CC1CCCCN1. The van der Waals surface area contributed by atoms with Gasteiger partial charge in [0.2, 0.25) is 0 Å². The van der Waals surface area contributed by atoms with Gasteiger partial charge in [-0.1, -0.05) is 18.5 Å². The van der Waals surface area contributed by atoms with Gasteiger partial charge in [-0.3, -0.25) is 4.90 Å². The molecule has 3 heterocycles. The Morgan fingerprint density at radius 1 is 1.43 bits per heavy atom. The lowest BCUT2D eigenvalue weighted by molar-refractivity contribution is 0.219. The highest BCUT2D eigenvalue weighted by atomic mass is 16.5. The third-order valence-electron chi connectivity index (χ3n) is 3.90. The lowest BCUT2D eigenvalue weighted by Gasteiger charge is -2.29. The second kappa shape index (κ2) is 6.87. The molecule has 3 rings (SSSR count). The molecule has 6 heteroatoms. The third kappa shape index (κ3) is 3.71. The molecular weight excluding hydrogens is 268 g/mol. The summed E-state index contributed by atoms with van der Waals surface area (Å²) in [6.45, 7) is 6.01. The molecule has 1 aliphatic heterocycles. The molecule has 0 aliphatic carbocycles.